The van der Waals surface area contributed by atoms with E-state index in [4.69, 9.17) is 10.6 Å². The van der Waals surface area contributed by atoms with Crippen LogP contribution < -0.4 is 11.3 Å². The Bertz CT molecular complexity index is 227. The second-order valence-corrected chi connectivity index (χ2v) is 5.30. The highest BCUT2D eigenvalue weighted by molar-refractivity contribution is 7.99. The Hall–Kier alpha value is -0.0300. The standard InChI is InChI=1S/C11H20N2OS/c12-13-11(9-4-2-1-3-5-9)10-8-15-7-6-14-10/h4,10-11,13H,1-3,5-8,12H2. The highest BCUT2D eigenvalue weighted by Crippen LogP contribution is 2.25. The lowest BCUT2D eigenvalue weighted by molar-refractivity contribution is 0.0549. The minimum Gasteiger partial charge on any atom is -0.374 e. The van der Waals surface area contributed by atoms with Crippen LogP contribution in [0.3, 0.4) is 0 Å². The van der Waals surface area contributed by atoms with Crippen LogP contribution in [-0.4, -0.2) is 30.3 Å². The van der Waals surface area contributed by atoms with Gasteiger partial charge in [-0.05, 0) is 25.7 Å². The Morgan fingerprint density at radius 3 is 3.07 bits per heavy atom. The largest absolute Gasteiger partial charge is 0.374 e. The van der Waals surface area contributed by atoms with E-state index in [1.165, 1.54) is 31.3 Å². The Morgan fingerprint density at radius 1 is 1.53 bits per heavy atom. The van der Waals surface area contributed by atoms with E-state index in [0.717, 1.165) is 18.1 Å². The quantitative estimate of drug-likeness (QED) is 0.436. The number of rotatable bonds is 3. The van der Waals surface area contributed by atoms with Crippen molar-refractivity contribution in [1.29, 1.82) is 0 Å². The molecule has 0 spiro atoms. The first-order valence-electron chi connectivity index (χ1n) is 5.76. The van der Waals surface area contributed by atoms with Crippen LogP contribution in [-0.2, 0) is 4.74 Å². The van der Waals surface area contributed by atoms with E-state index in [9.17, 15) is 0 Å². The Balaban J connectivity index is 1.98. The molecule has 1 saturated heterocycles. The van der Waals surface area contributed by atoms with E-state index >= 15 is 0 Å². The maximum absolute atomic E-state index is 5.78. The molecule has 4 heteroatoms. The Kier molecular flexibility index (Phi) is 4.50. The molecule has 0 saturated carbocycles. The van der Waals surface area contributed by atoms with Gasteiger partial charge in [0.2, 0.25) is 0 Å². The maximum Gasteiger partial charge on any atom is 0.0869 e. The van der Waals surface area contributed by atoms with E-state index in [1.54, 1.807) is 0 Å². The van der Waals surface area contributed by atoms with Crippen LogP contribution in [0, 0.1) is 0 Å². The van der Waals surface area contributed by atoms with Gasteiger partial charge in [0, 0.05) is 11.5 Å². The predicted molar refractivity (Wildman–Crippen MR) is 64.7 cm³/mol. The summed E-state index contributed by atoms with van der Waals surface area (Å²) in [6, 6.07) is 0.234. The van der Waals surface area contributed by atoms with Crippen molar-refractivity contribution in [2.24, 2.45) is 5.84 Å². The number of thioether (sulfide) groups is 1. The highest BCUT2D eigenvalue weighted by atomic mass is 32.2. The molecule has 0 aromatic carbocycles. The van der Waals surface area contributed by atoms with Gasteiger partial charge in [-0.15, -0.1) is 0 Å². The van der Waals surface area contributed by atoms with Gasteiger partial charge in [-0.3, -0.25) is 11.3 Å². The van der Waals surface area contributed by atoms with Gasteiger partial charge in [-0.1, -0.05) is 11.6 Å². The van der Waals surface area contributed by atoms with Crippen LogP contribution in [0.2, 0.25) is 0 Å². The van der Waals surface area contributed by atoms with Crippen molar-refractivity contribution >= 4 is 11.8 Å². The molecule has 86 valence electrons. The van der Waals surface area contributed by atoms with Crippen molar-refractivity contribution < 1.29 is 4.74 Å². The molecule has 0 amide bonds. The lowest BCUT2D eigenvalue weighted by Gasteiger charge is -2.32. The summed E-state index contributed by atoms with van der Waals surface area (Å²) in [6.45, 7) is 0.862. The lowest BCUT2D eigenvalue weighted by atomic mass is 9.91. The van der Waals surface area contributed by atoms with Gasteiger partial charge in [0.25, 0.3) is 0 Å². The van der Waals surface area contributed by atoms with Gasteiger partial charge in [0.1, 0.15) is 0 Å². The third-order valence-corrected chi connectivity index (χ3v) is 4.14. The summed E-state index contributed by atoms with van der Waals surface area (Å²) in [5.74, 6) is 7.83. The second kappa shape index (κ2) is 5.89. The number of nitrogens with one attached hydrogen (secondary N) is 1. The number of hydrogen-bond donors (Lipinski definition) is 2. The molecule has 2 atom stereocenters. The van der Waals surface area contributed by atoms with Crippen molar-refractivity contribution in [2.75, 3.05) is 18.1 Å². The average Bonchev–Trinajstić information content (AvgIpc) is 2.33. The molecule has 1 heterocycles. The Morgan fingerprint density at radius 2 is 2.47 bits per heavy atom. The molecule has 0 aromatic rings. The van der Waals surface area contributed by atoms with Gasteiger partial charge in [-0.25, -0.2) is 0 Å². The molecule has 1 aliphatic heterocycles. The van der Waals surface area contributed by atoms with E-state index in [0.29, 0.717) is 0 Å². The molecular formula is C11H20N2OS. The van der Waals surface area contributed by atoms with Crippen LogP contribution >= 0.6 is 11.8 Å². The first-order chi connectivity index (χ1) is 7.42. The molecule has 2 unspecified atom stereocenters. The number of hydrazine groups is 1. The summed E-state index contributed by atoms with van der Waals surface area (Å²) in [5, 5.41) is 0. The maximum atomic E-state index is 5.78. The number of allylic oxidation sites excluding steroid dienone is 1. The fraction of sp³-hybridized carbons (Fsp3) is 0.818. The summed E-state index contributed by atoms with van der Waals surface area (Å²) in [4.78, 5) is 0. The van der Waals surface area contributed by atoms with Crippen molar-refractivity contribution in [3.05, 3.63) is 11.6 Å². The summed E-state index contributed by atoms with van der Waals surface area (Å²) in [5.41, 5.74) is 4.39. The predicted octanol–water partition coefficient (Wildman–Crippen LogP) is 1.45. The van der Waals surface area contributed by atoms with E-state index in [2.05, 4.69) is 11.5 Å². The van der Waals surface area contributed by atoms with Crippen LogP contribution in [0.15, 0.2) is 11.6 Å². The van der Waals surface area contributed by atoms with E-state index in [-0.39, 0.29) is 12.1 Å². The summed E-state index contributed by atoms with van der Waals surface area (Å²) in [6.07, 6.45) is 7.60. The van der Waals surface area contributed by atoms with Gasteiger partial charge in [-0.2, -0.15) is 11.8 Å². The summed E-state index contributed by atoms with van der Waals surface area (Å²) < 4.78 is 5.78. The zero-order valence-corrected chi connectivity index (χ0v) is 9.89. The van der Waals surface area contributed by atoms with E-state index < -0.39 is 0 Å². The molecule has 2 aliphatic rings. The molecule has 1 aliphatic carbocycles. The minimum absolute atomic E-state index is 0.234. The fourth-order valence-electron chi connectivity index (χ4n) is 2.30. The van der Waals surface area contributed by atoms with Gasteiger partial charge < -0.3 is 4.74 Å². The van der Waals surface area contributed by atoms with Crippen LogP contribution in [0.4, 0.5) is 0 Å². The van der Waals surface area contributed by atoms with Crippen LogP contribution in [0.25, 0.3) is 0 Å². The Labute approximate surface area is 95.8 Å². The second-order valence-electron chi connectivity index (χ2n) is 4.15. The molecule has 2 rings (SSSR count). The number of nitrogens with two attached hydrogens (primary N) is 1. The third-order valence-electron chi connectivity index (χ3n) is 3.12. The van der Waals surface area contributed by atoms with Crippen LogP contribution in [0.1, 0.15) is 25.7 Å². The first-order valence-corrected chi connectivity index (χ1v) is 6.91. The fourth-order valence-corrected chi connectivity index (χ4v) is 3.20. The molecule has 3 N–H and O–H groups in total. The normalized spacial score (nSPS) is 29.7. The molecule has 15 heavy (non-hydrogen) atoms. The number of ether oxygens (including phenoxy) is 1. The monoisotopic (exact) mass is 228 g/mol. The third kappa shape index (κ3) is 2.97. The zero-order valence-electron chi connectivity index (χ0n) is 9.08. The highest BCUT2D eigenvalue weighted by Gasteiger charge is 2.27. The zero-order chi connectivity index (χ0) is 10.5. The minimum atomic E-state index is 0.234. The van der Waals surface area contributed by atoms with E-state index in [1.807, 2.05) is 11.8 Å². The van der Waals surface area contributed by atoms with Gasteiger partial charge in [0.05, 0.1) is 18.8 Å². The first kappa shape index (κ1) is 11.5. The lowest BCUT2D eigenvalue weighted by Crippen LogP contribution is -2.49. The van der Waals surface area contributed by atoms with Crippen molar-refractivity contribution in [1.82, 2.24) is 5.43 Å². The van der Waals surface area contributed by atoms with Crippen LogP contribution in [0.5, 0.6) is 0 Å². The smallest absolute Gasteiger partial charge is 0.0869 e. The average molecular weight is 228 g/mol. The van der Waals surface area contributed by atoms with Crippen molar-refractivity contribution in [2.45, 2.75) is 37.8 Å². The number of hydrogen-bond acceptors (Lipinski definition) is 4. The van der Waals surface area contributed by atoms with Crippen molar-refractivity contribution in [3.63, 3.8) is 0 Å². The molecule has 0 radical (unpaired) electrons. The van der Waals surface area contributed by atoms with Crippen molar-refractivity contribution in [3.8, 4) is 0 Å². The topological polar surface area (TPSA) is 47.3 Å². The van der Waals surface area contributed by atoms with Gasteiger partial charge in [0.15, 0.2) is 0 Å². The molecular weight excluding hydrogens is 208 g/mol. The molecule has 0 bridgehead atoms. The SMILES string of the molecule is NNC(C1=CCCCC1)C1CSCCO1. The molecule has 3 nitrogen and oxygen atoms in total. The molecule has 1 fully saturated rings. The van der Waals surface area contributed by atoms with Gasteiger partial charge >= 0.3 is 0 Å². The summed E-state index contributed by atoms with van der Waals surface area (Å²) >= 11 is 1.96. The molecule has 0 aromatic heterocycles. The summed E-state index contributed by atoms with van der Waals surface area (Å²) in [7, 11) is 0.